The average Bonchev–Trinajstić information content (AvgIpc) is 2.81. The molecule has 0 saturated heterocycles. The van der Waals surface area contributed by atoms with Crippen LogP contribution in [0.2, 0.25) is 0 Å². The Morgan fingerprint density at radius 2 is 2.00 bits per heavy atom. The van der Waals surface area contributed by atoms with Crippen molar-refractivity contribution in [1.29, 1.82) is 0 Å². The van der Waals surface area contributed by atoms with E-state index in [9.17, 15) is 0 Å². The van der Waals surface area contributed by atoms with Gasteiger partial charge in [-0.3, -0.25) is 4.68 Å². The Balaban J connectivity index is 1.93. The predicted molar refractivity (Wildman–Crippen MR) is 79.0 cm³/mol. The van der Waals surface area contributed by atoms with Gasteiger partial charge in [0.15, 0.2) is 0 Å². The molecule has 0 aliphatic rings. The van der Waals surface area contributed by atoms with Gasteiger partial charge >= 0.3 is 0 Å². The third-order valence-electron chi connectivity index (χ3n) is 3.29. The topological polar surface area (TPSA) is 29.9 Å². The van der Waals surface area contributed by atoms with Crippen molar-refractivity contribution in [2.75, 3.05) is 0 Å². The van der Waals surface area contributed by atoms with Crippen molar-refractivity contribution in [3.8, 4) is 0 Å². The summed E-state index contributed by atoms with van der Waals surface area (Å²) in [5.74, 6) is 0. The Hall–Kier alpha value is -1.61. The highest BCUT2D eigenvalue weighted by Gasteiger charge is 2.04. The summed E-state index contributed by atoms with van der Waals surface area (Å²) in [5.41, 5.74) is 5.09. The molecule has 0 amide bonds. The molecule has 0 unspecified atom stereocenters. The number of aryl methyl sites for hydroxylation is 3. The van der Waals surface area contributed by atoms with E-state index >= 15 is 0 Å². The van der Waals surface area contributed by atoms with Crippen LogP contribution >= 0.6 is 0 Å². The SMILES string of the molecule is CCc1cc(CNCc2cccc(C)c2)n(CC)n1. The molecule has 0 saturated carbocycles. The molecule has 0 atom stereocenters. The monoisotopic (exact) mass is 257 g/mol. The second kappa shape index (κ2) is 6.53. The first kappa shape index (κ1) is 13.8. The van der Waals surface area contributed by atoms with E-state index in [-0.39, 0.29) is 0 Å². The van der Waals surface area contributed by atoms with Crippen LogP contribution in [0.3, 0.4) is 0 Å². The largest absolute Gasteiger partial charge is 0.307 e. The highest BCUT2D eigenvalue weighted by Crippen LogP contribution is 2.07. The van der Waals surface area contributed by atoms with E-state index in [0.29, 0.717) is 0 Å². The third kappa shape index (κ3) is 3.67. The zero-order valence-electron chi connectivity index (χ0n) is 12.1. The molecule has 0 aliphatic heterocycles. The zero-order chi connectivity index (χ0) is 13.7. The third-order valence-corrected chi connectivity index (χ3v) is 3.29. The molecule has 0 fully saturated rings. The molecule has 0 aliphatic carbocycles. The van der Waals surface area contributed by atoms with Crippen molar-refractivity contribution in [1.82, 2.24) is 15.1 Å². The summed E-state index contributed by atoms with van der Waals surface area (Å²) >= 11 is 0. The minimum absolute atomic E-state index is 0.870. The van der Waals surface area contributed by atoms with Gasteiger partial charge < -0.3 is 5.32 Å². The molecular formula is C16H23N3. The van der Waals surface area contributed by atoms with Gasteiger partial charge in [0.1, 0.15) is 0 Å². The minimum atomic E-state index is 0.870. The van der Waals surface area contributed by atoms with Gasteiger partial charge in [0.2, 0.25) is 0 Å². The van der Waals surface area contributed by atoms with Crippen LogP contribution in [-0.4, -0.2) is 9.78 Å². The summed E-state index contributed by atoms with van der Waals surface area (Å²) in [6, 6.07) is 10.8. The number of nitrogens with one attached hydrogen (secondary N) is 1. The van der Waals surface area contributed by atoms with Gasteiger partial charge in [-0.05, 0) is 31.9 Å². The first-order valence-corrected chi connectivity index (χ1v) is 7.04. The molecule has 0 spiro atoms. The van der Waals surface area contributed by atoms with E-state index in [0.717, 1.165) is 26.1 Å². The van der Waals surface area contributed by atoms with E-state index in [1.165, 1.54) is 22.5 Å². The maximum absolute atomic E-state index is 4.56. The van der Waals surface area contributed by atoms with Crippen molar-refractivity contribution in [2.45, 2.75) is 46.8 Å². The van der Waals surface area contributed by atoms with Crippen molar-refractivity contribution < 1.29 is 0 Å². The molecule has 0 bridgehead atoms. The van der Waals surface area contributed by atoms with Crippen LogP contribution in [0, 0.1) is 6.92 Å². The van der Waals surface area contributed by atoms with Crippen molar-refractivity contribution in [3.05, 3.63) is 52.8 Å². The van der Waals surface area contributed by atoms with E-state index < -0.39 is 0 Å². The normalized spacial score (nSPS) is 10.9. The lowest BCUT2D eigenvalue weighted by Gasteiger charge is -2.07. The van der Waals surface area contributed by atoms with Crippen molar-refractivity contribution in [2.24, 2.45) is 0 Å². The maximum atomic E-state index is 4.56. The van der Waals surface area contributed by atoms with Crippen LogP contribution in [0.1, 0.15) is 36.4 Å². The van der Waals surface area contributed by atoms with E-state index in [1.807, 2.05) is 0 Å². The lowest BCUT2D eigenvalue weighted by atomic mass is 10.1. The van der Waals surface area contributed by atoms with Crippen LogP contribution < -0.4 is 5.32 Å². The fourth-order valence-electron chi connectivity index (χ4n) is 2.26. The lowest BCUT2D eigenvalue weighted by Crippen LogP contribution is -2.16. The molecule has 1 aromatic heterocycles. The van der Waals surface area contributed by atoms with Crippen LogP contribution in [-0.2, 0) is 26.1 Å². The first-order chi connectivity index (χ1) is 9.22. The second-order valence-corrected chi connectivity index (χ2v) is 4.89. The molecular weight excluding hydrogens is 234 g/mol. The Morgan fingerprint density at radius 3 is 2.68 bits per heavy atom. The Kier molecular flexibility index (Phi) is 4.74. The highest BCUT2D eigenvalue weighted by atomic mass is 15.3. The zero-order valence-corrected chi connectivity index (χ0v) is 12.1. The summed E-state index contributed by atoms with van der Waals surface area (Å²) in [5, 5.41) is 8.06. The van der Waals surface area contributed by atoms with Gasteiger partial charge in [-0.15, -0.1) is 0 Å². The number of nitrogens with zero attached hydrogens (tertiary/aromatic N) is 2. The fourth-order valence-corrected chi connectivity index (χ4v) is 2.26. The fraction of sp³-hybridized carbons (Fsp3) is 0.438. The minimum Gasteiger partial charge on any atom is -0.307 e. The molecule has 1 aromatic carbocycles. The van der Waals surface area contributed by atoms with Gasteiger partial charge in [-0.2, -0.15) is 5.10 Å². The molecule has 1 N–H and O–H groups in total. The van der Waals surface area contributed by atoms with Crippen molar-refractivity contribution >= 4 is 0 Å². The standard InChI is InChI=1S/C16H23N3/c1-4-15-10-16(19(5-2)18-15)12-17-11-14-8-6-7-13(3)9-14/h6-10,17H,4-5,11-12H2,1-3H3. The number of rotatable bonds is 6. The van der Waals surface area contributed by atoms with Crippen LogP contribution in [0.15, 0.2) is 30.3 Å². The summed E-state index contributed by atoms with van der Waals surface area (Å²) in [6.45, 7) is 9.11. The summed E-state index contributed by atoms with van der Waals surface area (Å²) < 4.78 is 2.09. The molecule has 3 heteroatoms. The van der Waals surface area contributed by atoms with E-state index in [4.69, 9.17) is 0 Å². The Labute approximate surface area is 115 Å². The van der Waals surface area contributed by atoms with Gasteiger partial charge in [0, 0.05) is 19.6 Å². The number of aromatic nitrogens is 2. The quantitative estimate of drug-likeness (QED) is 0.862. The van der Waals surface area contributed by atoms with Crippen LogP contribution in [0.5, 0.6) is 0 Å². The van der Waals surface area contributed by atoms with Gasteiger partial charge in [0.05, 0.1) is 11.4 Å². The molecule has 3 nitrogen and oxygen atoms in total. The predicted octanol–water partition coefficient (Wildman–Crippen LogP) is 3.06. The smallest absolute Gasteiger partial charge is 0.0625 e. The average molecular weight is 257 g/mol. The van der Waals surface area contributed by atoms with Crippen molar-refractivity contribution in [3.63, 3.8) is 0 Å². The van der Waals surface area contributed by atoms with Gasteiger partial charge in [-0.25, -0.2) is 0 Å². The molecule has 19 heavy (non-hydrogen) atoms. The summed E-state index contributed by atoms with van der Waals surface area (Å²) in [7, 11) is 0. The first-order valence-electron chi connectivity index (χ1n) is 7.04. The second-order valence-electron chi connectivity index (χ2n) is 4.89. The van der Waals surface area contributed by atoms with E-state index in [2.05, 4.69) is 66.2 Å². The molecule has 0 radical (unpaired) electrons. The Morgan fingerprint density at radius 1 is 1.16 bits per heavy atom. The van der Waals surface area contributed by atoms with Gasteiger partial charge in [-0.1, -0.05) is 36.8 Å². The summed E-state index contributed by atoms with van der Waals surface area (Å²) in [6.07, 6.45) is 0.998. The Bertz CT molecular complexity index is 529. The highest BCUT2D eigenvalue weighted by molar-refractivity contribution is 5.22. The van der Waals surface area contributed by atoms with Gasteiger partial charge in [0.25, 0.3) is 0 Å². The molecule has 2 rings (SSSR count). The van der Waals surface area contributed by atoms with Crippen LogP contribution in [0.4, 0.5) is 0 Å². The molecule has 102 valence electrons. The number of benzene rings is 1. The number of hydrogen-bond donors (Lipinski definition) is 1. The van der Waals surface area contributed by atoms with Crippen LogP contribution in [0.25, 0.3) is 0 Å². The number of hydrogen-bond acceptors (Lipinski definition) is 2. The summed E-state index contributed by atoms with van der Waals surface area (Å²) in [4.78, 5) is 0. The maximum Gasteiger partial charge on any atom is 0.0625 e. The van der Waals surface area contributed by atoms with E-state index in [1.54, 1.807) is 0 Å². The molecule has 1 heterocycles. The molecule has 2 aromatic rings. The lowest BCUT2D eigenvalue weighted by molar-refractivity contribution is 0.577.